The molecule has 0 aliphatic heterocycles. The van der Waals surface area contributed by atoms with E-state index >= 15 is 0 Å². The van der Waals surface area contributed by atoms with Gasteiger partial charge in [-0.25, -0.2) is 4.79 Å². The number of aromatic hydroxyl groups is 1. The van der Waals surface area contributed by atoms with Crippen molar-refractivity contribution in [2.24, 2.45) is 0 Å². The van der Waals surface area contributed by atoms with E-state index in [1.165, 1.54) is 0 Å². The molecule has 1 N–H and O–H groups in total. The van der Waals surface area contributed by atoms with E-state index in [0.29, 0.717) is 11.1 Å². The maximum Gasteiger partial charge on any atom is 0.347 e. The molecule has 0 aliphatic carbocycles. The van der Waals surface area contributed by atoms with E-state index in [0.717, 1.165) is 10.8 Å². The minimum absolute atomic E-state index is 0.00185. The molecule has 0 spiro atoms. The van der Waals surface area contributed by atoms with E-state index in [2.05, 4.69) is 0 Å². The highest BCUT2D eigenvalue weighted by Gasteiger charge is 2.11. The molecule has 0 amide bonds. The molecule has 3 rings (SSSR count). The van der Waals surface area contributed by atoms with Crippen molar-refractivity contribution in [1.29, 1.82) is 0 Å². The molecular weight excluding hydrogens is 216 g/mol. The Morgan fingerprint density at radius 1 is 1.06 bits per heavy atom. The number of fused-ring (bicyclic) bond motifs is 3. The number of phenolic OH excluding ortho intramolecular Hbond substituents is 1. The highest BCUT2D eigenvalue weighted by molar-refractivity contribution is 6.06. The Morgan fingerprint density at radius 3 is 2.65 bits per heavy atom. The maximum absolute atomic E-state index is 11.8. The van der Waals surface area contributed by atoms with Crippen LogP contribution in [-0.2, 0) is 0 Å². The van der Waals surface area contributed by atoms with E-state index in [4.69, 9.17) is 4.42 Å². The molecule has 17 heavy (non-hydrogen) atoms. The van der Waals surface area contributed by atoms with Crippen molar-refractivity contribution in [2.45, 2.75) is 6.92 Å². The second kappa shape index (κ2) is 3.35. The van der Waals surface area contributed by atoms with Crippen LogP contribution < -0.4 is 5.63 Å². The van der Waals surface area contributed by atoms with Gasteiger partial charge in [-0.1, -0.05) is 30.3 Å². The van der Waals surface area contributed by atoms with Gasteiger partial charge in [0.25, 0.3) is 0 Å². The van der Waals surface area contributed by atoms with Crippen molar-refractivity contribution in [3.05, 3.63) is 52.4 Å². The smallest absolute Gasteiger partial charge is 0.347 e. The van der Waals surface area contributed by atoms with Crippen molar-refractivity contribution in [2.75, 3.05) is 0 Å². The molecule has 0 fully saturated rings. The Labute approximate surface area is 96.9 Å². The fourth-order valence-electron chi connectivity index (χ4n) is 2.06. The topological polar surface area (TPSA) is 50.4 Å². The van der Waals surface area contributed by atoms with Gasteiger partial charge < -0.3 is 9.52 Å². The Kier molecular flexibility index (Phi) is 1.95. The summed E-state index contributed by atoms with van der Waals surface area (Å²) in [4.78, 5) is 11.8. The summed E-state index contributed by atoms with van der Waals surface area (Å²) in [7, 11) is 0. The first-order valence-corrected chi connectivity index (χ1v) is 5.32. The fourth-order valence-corrected chi connectivity index (χ4v) is 2.06. The third kappa shape index (κ3) is 1.32. The van der Waals surface area contributed by atoms with Gasteiger partial charge in [-0.2, -0.15) is 0 Å². The lowest BCUT2D eigenvalue weighted by molar-refractivity contribution is 0.473. The van der Waals surface area contributed by atoms with Gasteiger partial charge in [-0.05, 0) is 18.6 Å². The highest BCUT2D eigenvalue weighted by Crippen LogP contribution is 2.30. The zero-order valence-electron chi connectivity index (χ0n) is 9.23. The summed E-state index contributed by atoms with van der Waals surface area (Å²) in [5.41, 5.74) is 0.702. The monoisotopic (exact) mass is 226 g/mol. The Balaban J connectivity index is 2.68. The molecule has 0 saturated heterocycles. The summed E-state index contributed by atoms with van der Waals surface area (Å²) >= 11 is 0. The molecule has 3 nitrogen and oxygen atoms in total. The van der Waals surface area contributed by atoms with E-state index in [1.54, 1.807) is 19.1 Å². The van der Waals surface area contributed by atoms with Gasteiger partial charge in [-0.15, -0.1) is 0 Å². The molecule has 0 bridgehead atoms. The quantitative estimate of drug-likeness (QED) is 0.473. The summed E-state index contributed by atoms with van der Waals surface area (Å²) < 4.78 is 5.20. The average Bonchev–Trinajstić information content (AvgIpc) is 2.33. The van der Waals surface area contributed by atoms with Crippen LogP contribution in [0.15, 0.2) is 45.6 Å². The van der Waals surface area contributed by atoms with Gasteiger partial charge in [0.1, 0.15) is 16.7 Å². The van der Waals surface area contributed by atoms with E-state index in [-0.39, 0.29) is 11.1 Å². The van der Waals surface area contributed by atoms with Crippen molar-refractivity contribution in [3.63, 3.8) is 0 Å². The van der Waals surface area contributed by atoms with Gasteiger partial charge in [0.15, 0.2) is 0 Å². The number of hydrogen-bond donors (Lipinski definition) is 1. The van der Waals surface area contributed by atoms with Crippen LogP contribution in [0.4, 0.5) is 0 Å². The van der Waals surface area contributed by atoms with Crippen LogP contribution in [-0.4, -0.2) is 5.11 Å². The first-order valence-electron chi connectivity index (χ1n) is 5.32. The summed E-state index contributed by atoms with van der Waals surface area (Å²) in [6.45, 7) is 1.75. The number of rotatable bonds is 0. The van der Waals surface area contributed by atoms with Crippen LogP contribution in [0.25, 0.3) is 21.7 Å². The van der Waals surface area contributed by atoms with Crippen molar-refractivity contribution >= 4 is 21.7 Å². The number of phenols is 1. The zero-order chi connectivity index (χ0) is 12.0. The van der Waals surface area contributed by atoms with Crippen molar-refractivity contribution in [3.8, 4) is 5.75 Å². The molecule has 3 aromatic rings. The summed E-state index contributed by atoms with van der Waals surface area (Å²) in [5.74, 6) is 0.00185. The highest BCUT2D eigenvalue weighted by atomic mass is 16.4. The van der Waals surface area contributed by atoms with Crippen LogP contribution >= 0.6 is 0 Å². The number of aryl methyl sites for hydroxylation is 1. The first-order chi connectivity index (χ1) is 8.18. The minimum atomic E-state index is -0.500. The van der Waals surface area contributed by atoms with E-state index in [9.17, 15) is 9.90 Å². The van der Waals surface area contributed by atoms with Gasteiger partial charge >= 0.3 is 5.63 Å². The molecular formula is C14H10O3. The Hall–Kier alpha value is -2.29. The Bertz CT molecular complexity index is 784. The van der Waals surface area contributed by atoms with E-state index in [1.807, 2.05) is 24.3 Å². The number of benzene rings is 2. The number of para-hydroxylation sites is 1. The third-order valence-electron chi connectivity index (χ3n) is 2.96. The lowest BCUT2D eigenvalue weighted by Crippen LogP contribution is -2.00. The zero-order valence-corrected chi connectivity index (χ0v) is 9.23. The van der Waals surface area contributed by atoms with Gasteiger partial charge in [0, 0.05) is 10.8 Å². The van der Waals surface area contributed by atoms with Gasteiger partial charge in [-0.3, -0.25) is 0 Å². The lowest BCUT2D eigenvalue weighted by atomic mass is 10.0. The molecule has 0 radical (unpaired) electrons. The molecule has 3 heteroatoms. The number of hydrogen-bond acceptors (Lipinski definition) is 3. The summed E-state index contributed by atoms with van der Waals surface area (Å²) in [6, 6.07) is 10.9. The van der Waals surface area contributed by atoms with Crippen LogP contribution in [0.3, 0.4) is 0 Å². The second-order valence-electron chi connectivity index (χ2n) is 4.04. The molecule has 1 aromatic heterocycles. The first kappa shape index (κ1) is 9.90. The molecule has 0 aliphatic rings. The predicted molar refractivity (Wildman–Crippen MR) is 66.4 cm³/mol. The molecule has 0 unspecified atom stereocenters. The molecule has 84 valence electrons. The van der Waals surface area contributed by atoms with Gasteiger partial charge in [0.05, 0.1) is 0 Å². The molecule has 0 atom stereocenters. The average molecular weight is 226 g/mol. The summed E-state index contributed by atoms with van der Waals surface area (Å²) in [5, 5.41) is 11.7. The molecule has 2 aromatic carbocycles. The Morgan fingerprint density at radius 2 is 1.82 bits per heavy atom. The second-order valence-corrected chi connectivity index (χ2v) is 4.04. The van der Waals surface area contributed by atoms with Gasteiger partial charge in [0.2, 0.25) is 0 Å². The predicted octanol–water partition coefficient (Wildman–Crippen LogP) is 2.96. The van der Waals surface area contributed by atoms with Crippen LogP contribution in [0, 0.1) is 6.92 Å². The van der Waals surface area contributed by atoms with Crippen LogP contribution in [0.2, 0.25) is 0 Å². The third-order valence-corrected chi connectivity index (χ3v) is 2.96. The standard InChI is InChI=1S/C14H10O3/c1-8-6-7-10-9-4-2-3-5-11(9)17-14(16)12(10)13(8)15/h2-7,15H,1H3. The fraction of sp³-hybridized carbons (Fsp3) is 0.0714. The van der Waals surface area contributed by atoms with E-state index < -0.39 is 5.63 Å². The SMILES string of the molecule is Cc1ccc2c(c1O)c(=O)oc1ccccc12. The molecule has 1 heterocycles. The van der Waals surface area contributed by atoms with Crippen LogP contribution in [0.5, 0.6) is 5.75 Å². The maximum atomic E-state index is 11.8. The van der Waals surface area contributed by atoms with Crippen molar-refractivity contribution < 1.29 is 9.52 Å². The van der Waals surface area contributed by atoms with Crippen molar-refractivity contribution in [1.82, 2.24) is 0 Å². The lowest BCUT2D eigenvalue weighted by Gasteiger charge is -2.05. The largest absolute Gasteiger partial charge is 0.507 e. The van der Waals surface area contributed by atoms with Crippen LogP contribution in [0.1, 0.15) is 5.56 Å². The molecule has 0 saturated carbocycles. The minimum Gasteiger partial charge on any atom is -0.507 e. The summed E-state index contributed by atoms with van der Waals surface area (Å²) in [6.07, 6.45) is 0. The normalized spacial score (nSPS) is 11.1.